The van der Waals surface area contributed by atoms with Crippen LogP contribution in [0.15, 0.2) is 24.3 Å². The Morgan fingerprint density at radius 3 is 3.00 bits per heavy atom. The van der Waals surface area contributed by atoms with Gasteiger partial charge < -0.3 is 4.74 Å². The largest absolute Gasteiger partial charge is 0.497 e. The minimum Gasteiger partial charge on any atom is -0.497 e. The Kier molecular flexibility index (Phi) is 3.71. The molecule has 0 aliphatic carbocycles. The van der Waals surface area contributed by atoms with E-state index in [9.17, 15) is 0 Å². The Morgan fingerprint density at radius 1 is 1.27 bits per heavy atom. The highest BCUT2D eigenvalue weighted by molar-refractivity contribution is 7.12. The molecule has 116 valence electrons. The molecule has 0 N–H and O–H groups in total. The zero-order chi connectivity index (χ0) is 15.1. The molecule has 0 saturated carbocycles. The number of nitrogens with zero attached hydrogens (tertiary/aromatic N) is 1. The second-order valence-corrected chi connectivity index (χ2v) is 7.64. The van der Waals surface area contributed by atoms with Crippen molar-refractivity contribution in [3.63, 3.8) is 0 Å². The molecule has 1 aromatic carbocycles. The minimum absolute atomic E-state index is 0.565. The van der Waals surface area contributed by atoms with Gasteiger partial charge in [-0.05, 0) is 47.7 Å². The Balaban J connectivity index is 1.66. The van der Waals surface area contributed by atoms with Gasteiger partial charge in [0.2, 0.25) is 0 Å². The van der Waals surface area contributed by atoms with Crippen molar-refractivity contribution in [2.75, 3.05) is 13.7 Å². The summed E-state index contributed by atoms with van der Waals surface area (Å²) < 4.78 is 5.39. The van der Waals surface area contributed by atoms with Crippen LogP contribution in [0.1, 0.15) is 45.8 Å². The molecule has 0 spiro atoms. The molecule has 0 amide bonds. The van der Waals surface area contributed by atoms with Gasteiger partial charge in [-0.15, -0.1) is 11.3 Å². The molecule has 2 aromatic rings. The van der Waals surface area contributed by atoms with Crippen molar-refractivity contribution in [1.82, 2.24) is 4.90 Å². The molecule has 2 aliphatic rings. The van der Waals surface area contributed by atoms with Gasteiger partial charge in [-0.3, -0.25) is 4.90 Å². The van der Waals surface area contributed by atoms with Crippen molar-refractivity contribution in [1.29, 1.82) is 0 Å². The summed E-state index contributed by atoms with van der Waals surface area (Å²) in [5.41, 5.74) is 4.58. The molecule has 0 saturated heterocycles. The molecule has 0 bridgehead atoms. The van der Waals surface area contributed by atoms with Gasteiger partial charge in [0.05, 0.1) is 7.11 Å². The van der Waals surface area contributed by atoms with Crippen LogP contribution < -0.4 is 4.74 Å². The Morgan fingerprint density at radius 2 is 2.18 bits per heavy atom. The number of hydrogen-bond donors (Lipinski definition) is 0. The molecule has 1 atom stereocenters. The Labute approximate surface area is 136 Å². The standard InChI is InChI=1S/C19H23NOS/c1-3-4-16-10-14-12-20-8-7-13-9-15(21-2)5-6-17(13)18(20)11-19(14)22-16/h5-6,9-10,18H,3-4,7-8,11-12H2,1-2H3. The van der Waals surface area contributed by atoms with Gasteiger partial charge in [0.25, 0.3) is 0 Å². The highest BCUT2D eigenvalue weighted by Crippen LogP contribution is 2.41. The normalized spacial score (nSPS) is 20.2. The molecule has 22 heavy (non-hydrogen) atoms. The number of rotatable bonds is 3. The summed E-state index contributed by atoms with van der Waals surface area (Å²) in [6.45, 7) is 4.57. The number of hydrogen-bond acceptors (Lipinski definition) is 3. The van der Waals surface area contributed by atoms with E-state index in [0.717, 1.165) is 18.7 Å². The van der Waals surface area contributed by atoms with E-state index < -0.39 is 0 Å². The topological polar surface area (TPSA) is 12.5 Å². The number of ether oxygens (including phenoxy) is 1. The summed E-state index contributed by atoms with van der Waals surface area (Å²) >= 11 is 2.05. The fourth-order valence-electron chi connectivity index (χ4n) is 3.89. The summed E-state index contributed by atoms with van der Waals surface area (Å²) in [5, 5.41) is 0. The van der Waals surface area contributed by atoms with Crippen molar-refractivity contribution in [3.8, 4) is 5.75 Å². The third-order valence-electron chi connectivity index (χ3n) is 5.01. The molecule has 3 heterocycles. The van der Waals surface area contributed by atoms with Gasteiger partial charge >= 0.3 is 0 Å². The number of fused-ring (bicyclic) bond motifs is 4. The van der Waals surface area contributed by atoms with Crippen molar-refractivity contribution >= 4 is 11.3 Å². The molecule has 2 nitrogen and oxygen atoms in total. The lowest BCUT2D eigenvalue weighted by atomic mass is 9.87. The third kappa shape index (κ3) is 2.37. The van der Waals surface area contributed by atoms with E-state index in [0.29, 0.717) is 6.04 Å². The van der Waals surface area contributed by atoms with Gasteiger partial charge in [0, 0.05) is 35.3 Å². The summed E-state index contributed by atoms with van der Waals surface area (Å²) in [6, 6.07) is 9.67. The van der Waals surface area contributed by atoms with Crippen LogP contribution in [0.25, 0.3) is 0 Å². The first-order valence-corrected chi connectivity index (χ1v) is 9.11. The number of benzene rings is 1. The van der Waals surface area contributed by atoms with Crippen LogP contribution in [0.3, 0.4) is 0 Å². The SMILES string of the molecule is CCCc1cc2c(s1)CC1c3ccc(OC)cc3CCN1C2. The van der Waals surface area contributed by atoms with E-state index in [-0.39, 0.29) is 0 Å². The van der Waals surface area contributed by atoms with Crippen LogP contribution in [-0.2, 0) is 25.8 Å². The van der Waals surface area contributed by atoms with E-state index in [1.165, 1.54) is 36.9 Å². The molecule has 0 radical (unpaired) electrons. The van der Waals surface area contributed by atoms with E-state index in [1.54, 1.807) is 22.4 Å². The Bertz CT molecular complexity index is 691. The average molecular weight is 313 g/mol. The highest BCUT2D eigenvalue weighted by Gasteiger charge is 2.33. The van der Waals surface area contributed by atoms with Crippen LogP contribution in [0.2, 0.25) is 0 Å². The van der Waals surface area contributed by atoms with Gasteiger partial charge in [0.15, 0.2) is 0 Å². The second kappa shape index (κ2) is 5.71. The molecule has 4 rings (SSSR count). The molecule has 3 heteroatoms. The maximum atomic E-state index is 5.39. The van der Waals surface area contributed by atoms with E-state index in [2.05, 4.69) is 36.1 Å². The summed E-state index contributed by atoms with van der Waals surface area (Å²) in [4.78, 5) is 5.86. The number of methoxy groups -OCH3 is 1. The first-order chi connectivity index (χ1) is 10.8. The van der Waals surface area contributed by atoms with E-state index >= 15 is 0 Å². The second-order valence-electron chi connectivity index (χ2n) is 6.42. The fourth-order valence-corrected chi connectivity index (χ4v) is 5.21. The molecule has 1 unspecified atom stereocenters. The zero-order valence-corrected chi connectivity index (χ0v) is 14.2. The van der Waals surface area contributed by atoms with Gasteiger partial charge in [0.1, 0.15) is 5.75 Å². The maximum Gasteiger partial charge on any atom is 0.119 e. The summed E-state index contributed by atoms with van der Waals surface area (Å²) in [6.07, 6.45) is 4.80. The van der Waals surface area contributed by atoms with Crippen molar-refractivity contribution in [2.45, 2.75) is 45.2 Å². The molecular weight excluding hydrogens is 290 g/mol. The average Bonchev–Trinajstić information content (AvgIpc) is 2.93. The predicted octanol–water partition coefficient (Wildman–Crippen LogP) is 4.36. The third-order valence-corrected chi connectivity index (χ3v) is 6.27. The van der Waals surface area contributed by atoms with Crippen LogP contribution in [0.4, 0.5) is 0 Å². The predicted molar refractivity (Wildman–Crippen MR) is 91.9 cm³/mol. The lowest BCUT2D eigenvalue weighted by Crippen LogP contribution is -2.38. The number of aryl methyl sites for hydroxylation is 1. The highest BCUT2D eigenvalue weighted by atomic mass is 32.1. The molecule has 1 aromatic heterocycles. The van der Waals surface area contributed by atoms with Gasteiger partial charge in [-0.1, -0.05) is 19.4 Å². The number of thiophene rings is 1. The smallest absolute Gasteiger partial charge is 0.119 e. The van der Waals surface area contributed by atoms with E-state index in [4.69, 9.17) is 4.74 Å². The lowest BCUT2D eigenvalue weighted by Gasteiger charge is -2.40. The van der Waals surface area contributed by atoms with Crippen LogP contribution in [0.5, 0.6) is 5.75 Å². The molecular formula is C19H23NOS. The fraction of sp³-hybridized carbons (Fsp3) is 0.474. The van der Waals surface area contributed by atoms with Crippen LogP contribution in [-0.4, -0.2) is 18.6 Å². The molecule has 0 fully saturated rings. The minimum atomic E-state index is 0.565. The summed E-state index contributed by atoms with van der Waals surface area (Å²) in [5.74, 6) is 0.991. The van der Waals surface area contributed by atoms with Crippen molar-refractivity contribution in [3.05, 3.63) is 50.7 Å². The van der Waals surface area contributed by atoms with Gasteiger partial charge in [-0.2, -0.15) is 0 Å². The summed E-state index contributed by atoms with van der Waals surface area (Å²) in [7, 11) is 1.75. The monoisotopic (exact) mass is 313 g/mol. The van der Waals surface area contributed by atoms with E-state index in [1.807, 2.05) is 11.3 Å². The first-order valence-electron chi connectivity index (χ1n) is 8.29. The van der Waals surface area contributed by atoms with Crippen molar-refractivity contribution in [2.24, 2.45) is 0 Å². The van der Waals surface area contributed by atoms with Gasteiger partial charge in [-0.25, -0.2) is 0 Å². The quantitative estimate of drug-likeness (QED) is 0.834. The van der Waals surface area contributed by atoms with Crippen molar-refractivity contribution < 1.29 is 4.74 Å². The van der Waals surface area contributed by atoms with Crippen LogP contribution in [0, 0.1) is 0 Å². The Hall–Kier alpha value is -1.32. The first kappa shape index (κ1) is 14.3. The lowest BCUT2D eigenvalue weighted by molar-refractivity contribution is 0.162. The zero-order valence-electron chi connectivity index (χ0n) is 13.4. The maximum absolute atomic E-state index is 5.39. The van der Waals surface area contributed by atoms with Crippen LogP contribution >= 0.6 is 11.3 Å². The molecule has 2 aliphatic heterocycles.